The third-order valence-corrected chi connectivity index (χ3v) is 3.81. The first-order valence-electron chi connectivity index (χ1n) is 8.45. The summed E-state index contributed by atoms with van der Waals surface area (Å²) < 4.78 is 24.6. The summed E-state index contributed by atoms with van der Waals surface area (Å²) in [6, 6.07) is 11.1. The average molecular weight is 356 g/mol. The molecule has 1 aromatic heterocycles. The minimum Gasteiger partial charge on any atom is -0.490 e. The number of hydrogen-bond acceptors (Lipinski definition) is 5. The molecule has 3 N–H and O–H groups in total. The fourth-order valence-corrected chi connectivity index (χ4v) is 2.59. The SMILES string of the molecule is CCOc1ccc(C(N)c2nc(-c3cccc(F)c3)n[nH]2)cc1OCC. The van der Waals surface area contributed by atoms with Crippen LogP contribution in [0, 0.1) is 5.82 Å². The molecule has 0 aliphatic rings. The van der Waals surface area contributed by atoms with E-state index in [2.05, 4.69) is 15.2 Å². The van der Waals surface area contributed by atoms with E-state index in [-0.39, 0.29) is 5.82 Å². The quantitative estimate of drug-likeness (QED) is 0.677. The van der Waals surface area contributed by atoms with Crippen LogP contribution in [0.1, 0.15) is 31.3 Å². The predicted octanol–water partition coefficient (Wildman–Crippen LogP) is 3.46. The molecule has 1 unspecified atom stereocenters. The van der Waals surface area contributed by atoms with Gasteiger partial charge in [0.15, 0.2) is 17.3 Å². The largest absolute Gasteiger partial charge is 0.490 e. The second-order valence-corrected chi connectivity index (χ2v) is 5.60. The first-order valence-corrected chi connectivity index (χ1v) is 8.45. The zero-order chi connectivity index (χ0) is 18.5. The summed E-state index contributed by atoms with van der Waals surface area (Å²) in [5.74, 6) is 1.84. The van der Waals surface area contributed by atoms with Crippen LogP contribution < -0.4 is 15.2 Å². The minimum atomic E-state index is -0.528. The van der Waals surface area contributed by atoms with Crippen LogP contribution in [0.5, 0.6) is 11.5 Å². The van der Waals surface area contributed by atoms with Crippen molar-refractivity contribution in [2.24, 2.45) is 5.73 Å². The van der Waals surface area contributed by atoms with E-state index >= 15 is 0 Å². The number of aromatic nitrogens is 3. The third-order valence-electron chi connectivity index (χ3n) is 3.81. The highest BCUT2D eigenvalue weighted by atomic mass is 19.1. The van der Waals surface area contributed by atoms with Crippen LogP contribution in [0.2, 0.25) is 0 Å². The molecule has 0 fully saturated rings. The Bertz CT molecular complexity index is 881. The number of H-pyrrole nitrogens is 1. The number of nitrogens with two attached hydrogens (primary N) is 1. The van der Waals surface area contributed by atoms with E-state index in [9.17, 15) is 4.39 Å². The summed E-state index contributed by atoms with van der Waals surface area (Å²) in [4.78, 5) is 4.40. The lowest BCUT2D eigenvalue weighted by atomic mass is 10.1. The monoisotopic (exact) mass is 356 g/mol. The first kappa shape index (κ1) is 17.9. The van der Waals surface area contributed by atoms with E-state index in [1.807, 2.05) is 32.0 Å². The fourth-order valence-electron chi connectivity index (χ4n) is 2.59. The van der Waals surface area contributed by atoms with E-state index < -0.39 is 6.04 Å². The highest BCUT2D eigenvalue weighted by molar-refractivity contribution is 5.54. The second-order valence-electron chi connectivity index (χ2n) is 5.60. The van der Waals surface area contributed by atoms with Gasteiger partial charge >= 0.3 is 0 Å². The Hall–Kier alpha value is -2.93. The lowest BCUT2D eigenvalue weighted by Gasteiger charge is -2.14. The van der Waals surface area contributed by atoms with E-state index in [0.717, 1.165) is 5.56 Å². The minimum absolute atomic E-state index is 0.342. The van der Waals surface area contributed by atoms with Crippen molar-refractivity contribution in [2.45, 2.75) is 19.9 Å². The molecule has 0 bridgehead atoms. The zero-order valence-corrected chi connectivity index (χ0v) is 14.7. The molecule has 0 saturated heterocycles. The molecule has 2 aromatic carbocycles. The van der Waals surface area contributed by atoms with Crippen molar-refractivity contribution in [3.05, 3.63) is 59.7 Å². The highest BCUT2D eigenvalue weighted by Crippen LogP contribution is 2.31. The molecule has 1 atom stereocenters. The standard InChI is InChI=1S/C19H21FN4O2/c1-3-25-15-9-8-12(11-16(15)26-4-2)17(21)19-22-18(23-24-19)13-6-5-7-14(20)10-13/h5-11,17H,3-4,21H2,1-2H3,(H,22,23,24). The zero-order valence-electron chi connectivity index (χ0n) is 14.7. The van der Waals surface area contributed by atoms with Crippen LogP contribution in [0.25, 0.3) is 11.4 Å². The smallest absolute Gasteiger partial charge is 0.181 e. The van der Waals surface area contributed by atoms with Crippen molar-refractivity contribution in [2.75, 3.05) is 13.2 Å². The van der Waals surface area contributed by atoms with Gasteiger partial charge in [-0.25, -0.2) is 9.37 Å². The van der Waals surface area contributed by atoms with Gasteiger partial charge in [-0.05, 0) is 43.7 Å². The Morgan fingerprint density at radius 1 is 1.08 bits per heavy atom. The van der Waals surface area contributed by atoms with E-state index in [0.29, 0.717) is 41.9 Å². The van der Waals surface area contributed by atoms with Crippen molar-refractivity contribution in [1.29, 1.82) is 0 Å². The lowest BCUT2D eigenvalue weighted by Crippen LogP contribution is -2.14. The molecule has 6 nitrogen and oxygen atoms in total. The molecule has 0 aliphatic heterocycles. The van der Waals surface area contributed by atoms with Crippen LogP contribution in [0.3, 0.4) is 0 Å². The van der Waals surface area contributed by atoms with Crippen LogP contribution in [0.4, 0.5) is 4.39 Å². The van der Waals surface area contributed by atoms with E-state index in [1.165, 1.54) is 12.1 Å². The Kier molecular flexibility index (Phi) is 5.48. The molecule has 0 radical (unpaired) electrons. The van der Waals surface area contributed by atoms with Crippen LogP contribution >= 0.6 is 0 Å². The molecular formula is C19H21FN4O2. The maximum absolute atomic E-state index is 13.4. The number of nitrogens with zero attached hydrogens (tertiary/aromatic N) is 2. The topological polar surface area (TPSA) is 86.0 Å². The van der Waals surface area contributed by atoms with Crippen LogP contribution in [-0.2, 0) is 0 Å². The summed E-state index contributed by atoms with van der Waals surface area (Å²) in [5.41, 5.74) is 7.71. The van der Waals surface area contributed by atoms with Gasteiger partial charge in [-0.3, -0.25) is 5.10 Å². The number of halogens is 1. The second kappa shape index (κ2) is 7.97. The van der Waals surface area contributed by atoms with Gasteiger partial charge in [-0.2, -0.15) is 5.10 Å². The summed E-state index contributed by atoms with van der Waals surface area (Å²) in [5, 5.41) is 6.97. The van der Waals surface area contributed by atoms with E-state index in [4.69, 9.17) is 15.2 Å². The van der Waals surface area contributed by atoms with Gasteiger partial charge in [0, 0.05) is 5.56 Å². The van der Waals surface area contributed by atoms with Crippen LogP contribution in [-0.4, -0.2) is 28.4 Å². The van der Waals surface area contributed by atoms with Gasteiger partial charge in [-0.1, -0.05) is 18.2 Å². The highest BCUT2D eigenvalue weighted by Gasteiger charge is 2.17. The molecule has 1 heterocycles. The molecule has 7 heteroatoms. The molecule has 3 aromatic rings. The number of ether oxygens (including phenoxy) is 2. The first-order chi connectivity index (χ1) is 12.6. The number of aromatic amines is 1. The van der Waals surface area contributed by atoms with Crippen molar-refractivity contribution < 1.29 is 13.9 Å². The van der Waals surface area contributed by atoms with Crippen molar-refractivity contribution in [1.82, 2.24) is 15.2 Å². The molecule has 0 saturated carbocycles. The van der Waals surface area contributed by atoms with Gasteiger partial charge < -0.3 is 15.2 Å². The number of hydrogen-bond donors (Lipinski definition) is 2. The summed E-state index contributed by atoms with van der Waals surface area (Å²) >= 11 is 0. The van der Waals surface area contributed by atoms with Crippen molar-refractivity contribution >= 4 is 0 Å². The maximum Gasteiger partial charge on any atom is 0.181 e. The Morgan fingerprint density at radius 3 is 2.58 bits per heavy atom. The molecular weight excluding hydrogens is 335 g/mol. The Morgan fingerprint density at radius 2 is 1.85 bits per heavy atom. The Balaban J connectivity index is 1.87. The summed E-state index contributed by atoms with van der Waals surface area (Å²) in [6.07, 6.45) is 0. The number of rotatable bonds is 7. The van der Waals surface area contributed by atoms with Crippen molar-refractivity contribution in [3.63, 3.8) is 0 Å². The molecule has 3 rings (SSSR count). The normalized spacial score (nSPS) is 12.0. The average Bonchev–Trinajstić information content (AvgIpc) is 3.13. The van der Waals surface area contributed by atoms with Crippen molar-refractivity contribution in [3.8, 4) is 22.9 Å². The maximum atomic E-state index is 13.4. The molecule has 0 amide bonds. The van der Waals surface area contributed by atoms with Gasteiger partial charge in [0.1, 0.15) is 11.6 Å². The Labute approximate surface area is 151 Å². The molecule has 26 heavy (non-hydrogen) atoms. The number of nitrogens with one attached hydrogen (secondary N) is 1. The predicted molar refractivity (Wildman–Crippen MR) is 96.6 cm³/mol. The van der Waals surface area contributed by atoms with Gasteiger partial charge in [0.25, 0.3) is 0 Å². The van der Waals surface area contributed by atoms with Crippen LogP contribution in [0.15, 0.2) is 42.5 Å². The molecule has 0 aliphatic carbocycles. The molecule has 136 valence electrons. The number of benzene rings is 2. The fraction of sp³-hybridized carbons (Fsp3) is 0.263. The van der Waals surface area contributed by atoms with E-state index in [1.54, 1.807) is 12.1 Å². The lowest BCUT2D eigenvalue weighted by molar-refractivity contribution is 0.287. The third kappa shape index (κ3) is 3.83. The summed E-state index contributed by atoms with van der Waals surface area (Å²) in [6.45, 7) is 4.89. The van der Waals surface area contributed by atoms with Gasteiger partial charge in [-0.15, -0.1) is 0 Å². The van der Waals surface area contributed by atoms with Gasteiger partial charge in [0.05, 0.1) is 19.3 Å². The molecule has 0 spiro atoms. The van der Waals surface area contributed by atoms with Gasteiger partial charge in [0.2, 0.25) is 0 Å². The summed E-state index contributed by atoms with van der Waals surface area (Å²) in [7, 11) is 0.